The summed E-state index contributed by atoms with van der Waals surface area (Å²) in [6, 6.07) is 7.96. The number of hydrogen-bond donors (Lipinski definition) is 1. The minimum atomic E-state index is -0.943. The molecule has 0 spiro atoms. The monoisotopic (exact) mass is 478 g/mol. The number of nitrogens with zero attached hydrogens (tertiary/aromatic N) is 4. The molecule has 176 valence electrons. The van der Waals surface area contributed by atoms with Crippen LogP contribution in [0.5, 0.6) is 11.6 Å². The van der Waals surface area contributed by atoms with E-state index in [0.29, 0.717) is 18.8 Å². The zero-order chi connectivity index (χ0) is 24.2. The number of hydrogen-bond acceptors (Lipinski definition) is 7. The van der Waals surface area contributed by atoms with E-state index in [4.69, 9.17) is 14.5 Å². The van der Waals surface area contributed by atoms with E-state index in [0.717, 1.165) is 48.7 Å². The minimum absolute atomic E-state index is 0.236. The molecular weight excluding hydrogens is 452 g/mol. The van der Waals surface area contributed by atoms with Crippen LogP contribution >= 0.6 is 11.3 Å². The average molecular weight is 479 g/mol. The number of amides is 1. The van der Waals surface area contributed by atoms with E-state index < -0.39 is 11.6 Å². The average Bonchev–Trinajstić information content (AvgIpc) is 3.38. The molecule has 2 aromatic carbocycles. The Balaban J connectivity index is 1.52. The van der Waals surface area contributed by atoms with Crippen LogP contribution in [0.3, 0.4) is 0 Å². The van der Waals surface area contributed by atoms with Gasteiger partial charge < -0.3 is 14.6 Å². The molecule has 34 heavy (non-hydrogen) atoms. The standard InChI is InChI=1S/C25H26N4O4S/c1-13-8-16(21-18(9-13)27-20(32-5)11-26-21)23-28-17-6-7-19-15(22(17)34-23)10-14(33-19)12-29(24(30)31)25(2,3)4/h6-9,11,14H,10,12H2,1-5H3,(H,30,31)/t14-/m0/s1. The fraction of sp³-hybridized carbons (Fsp3) is 0.360. The Labute approximate surface area is 201 Å². The fourth-order valence-corrected chi connectivity index (χ4v) is 5.48. The highest BCUT2D eigenvalue weighted by atomic mass is 32.1. The van der Waals surface area contributed by atoms with Gasteiger partial charge in [-0.2, -0.15) is 0 Å². The number of fused-ring (bicyclic) bond motifs is 4. The first kappa shape index (κ1) is 22.3. The van der Waals surface area contributed by atoms with Gasteiger partial charge in [0.05, 0.1) is 41.1 Å². The zero-order valence-corrected chi connectivity index (χ0v) is 20.6. The van der Waals surface area contributed by atoms with Gasteiger partial charge >= 0.3 is 6.09 Å². The molecule has 2 aromatic heterocycles. The van der Waals surface area contributed by atoms with Gasteiger partial charge in [-0.25, -0.2) is 19.7 Å². The Morgan fingerprint density at radius 1 is 1.26 bits per heavy atom. The molecule has 1 amide bonds. The third-order valence-corrected chi connectivity index (χ3v) is 7.14. The Kier molecular flexibility index (Phi) is 5.31. The summed E-state index contributed by atoms with van der Waals surface area (Å²) in [5.74, 6) is 1.27. The van der Waals surface area contributed by atoms with E-state index >= 15 is 0 Å². The van der Waals surface area contributed by atoms with Crippen molar-refractivity contribution in [3.63, 3.8) is 0 Å². The summed E-state index contributed by atoms with van der Waals surface area (Å²) in [7, 11) is 1.58. The summed E-state index contributed by atoms with van der Waals surface area (Å²) in [5.41, 5.74) is 5.00. The van der Waals surface area contributed by atoms with E-state index in [2.05, 4.69) is 16.0 Å². The van der Waals surface area contributed by atoms with E-state index in [9.17, 15) is 9.90 Å². The van der Waals surface area contributed by atoms with Crippen LogP contribution in [-0.4, -0.2) is 56.3 Å². The van der Waals surface area contributed by atoms with E-state index in [1.165, 1.54) is 4.90 Å². The van der Waals surface area contributed by atoms with Crippen LogP contribution in [0.25, 0.3) is 31.8 Å². The molecule has 1 atom stereocenters. The quantitative estimate of drug-likeness (QED) is 0.425. The van der Waals surface area contributed by atoms with Gasteiger partial charge in [0.1, 0.15) is 16.9 Å². The lowest BCUT2D eigenvalue weighted by atomic mass is 10.0. The Hall–Kier alpha value is -3.46. The summed E-state index contributed by atoms with van der Waals surface area (Å²) >= 11 is 1.60. The van der Waals surface area contributed by atoms with Gasteiger partial charge in [0, 0.05) is 23.1 Å². The van der Waals surface area contributed by atoms with Crippen molar-refractivity contribution >= 4 is 38.7 Å². The van der Waals surface area contributed by atoms with Crippen LogP contribution in [0.15, 0.2) is 30.5 Å². The zero-order valence-electron chi connectivity index (χ0n) is 19.7. The van der Waals surface area contributed by atoms with Gasteiger partial charge in [0.2, 0.25) is 5.88 Å². The van der Waals surface area contributed by atoms with E-state index in [1.54, 1.807) is 24.6 Å². The lowest BCUT2D eigenvalue weighted by molar-refractivity contribution is 0.0708. The first-order valence-corrected chi connectivity index (χ1v) is 11.9. The maximum Gasteiger partial charge on any atom is 0.407 e. The molecule has 4 aromatic rings. The second-order valence-corrected chi connectivity index (χ2v) is 10.5. The summed E-state index contributed by atoms with van der Waals surface area (Å²) in [4.78, 5) is 27.3. The molecule has 1 aliphatic heterocycles. The Bertz CT molecular complexity index is 1430. The summed E-state index contributed by atoms with van der Waals surface area (Å²) in [6.45, 7) is 8.00. The molecule has 0 unspecified atom stereocenters. The third-order valence-electron chi connectivity index (χ3n) is 5.98. The van der Waals surface area contributed by atoms with Crippen LogP contribution < -0.4 is 9.47 Å². The van der Waals surface area contributed by atoms with Crippen LogP contribution in [0.1, 0.15) is 31.9 Å². The molecule has 3 heterocycles. The predicted octanol–water partition coefficient (Wildman–Crippen LogP) is 5.31. The van der Waals surface area contributed by atoms with Crippen molar-refractivity contribution in [1.82, 2.24) is 19.9 Å². The molecule has 0 saturated heterocycles. The topological polar surface area (TPSA) is 97.7 Å². The molecule has 5 rings (SSSR count). The van der Waals surface area contributed by atoms with Gasteiger partial charge in [-0.1, -0.05) is 0 Å². The molecule has 1 N–H and O–H groups in total. The second-order valence-electron chi connectivity index (χ2n) is 9.51. The van der Waals surface area contributed by atoms with Crippen LogP contribution in [-0.2, 0) is 6.42 Å². The first-order chi connectivity index (χ1) is 16.1. The number of thiazole rings is 1. The second kappa shape index (κ2) is 8.09. The van der Waals surface area contributed by atoms with Crippen LogP contribution in [0, 0.1) is 6.92 Å². The number of aromatic nitrogens is 3. The maximum absolute atomic E-state index is 11.8. The smallest absolute Gasteiger partial charge is 0.407 e. The lowest BCUT2D eigenvalue weighted by Crippen LogP contribution is -2.49. The van der Waals surface area contributed by atoms with Crippen molar-refractivity contribution in [1.29, 1.82) is 0 Å². The molecule has 0 fully saturated rings. The number of benzene rings is 2. The molecule has 0 radical (unpaired) electrons. The van der Waals surface area contributed by atoms with Crippen molar-refractivity contribution < 1.29 is 19.4 Å². The predicted molar refractivity (Wildman–Crippen MR) is 132 cm³/mol. The van der Waals surface area contributed by atoms with Crippen molar-refractivity contribution in [2.75, 3.05) is 13.7 Å². The number of carbonyl (C=O) groups is 1. The van der Waals surface area contributed by atoms with Crippen molar-refractivity contribution in [3.05, 3.63) is 41.6 Å². The molecule has 0 aliphatic carbocycles. The van der Waals surface area contributed by atoms with Crippen LogP contribution in [0.2, 0.25) is 0 Å². The SMILES string of the molecule is COc1cnc2c(-c3nc4ccc5c(c4s3)C[C@@H](CN(C(=O)O)C(C)(C)C)O5)cc(C)cc2n1. The van der Waals surface area contributed by atoms with Crippen molar-refractivity contribution in [2.24, 2.45) is 0 Å². The highest BCUT2D eigenvalue weighted by Gasteiger charge is 2.33. The molecule has 1 aliphatic rings. The van der Waals surface area contributed by atoms with Crippen molar-refractivity contribution in [3.8, 4) is 22.2 Å². The first-order valence-electron chi connectivity index (χ1n) is 11.1. The number of carboxylic acid groups (broad SMARTS) is 1. The summed E-state index contributed by atoms with van der Waals surface area (Å²) in [6.07, 6.45) is 1.08. The van der Waals surface area contributed by atoms with Crippen molar-refractivity contribution in [2.45, 2.75) is 45.8 Å². The Morgan fingerprint density at radius 3 is 2.76 bits per heavy atom. The fourth-order valence-electron chi connectivity index (χ4n) is 4.35. The molecular formula is C25H26N4O4S. The summed E-state index contributed by atoms with van der Waals surface area (Å²) in [5, 5.41) is 10.5. The maximum atomic E-state index is 11.8. The largest absolute Gasteiger partial charge is 0.488 e. The molecule has 9 heteroatoms. The number of ether oxygens (including phenoxy) is 2. The Morgan fingerprint density at radius 2 is 2.06 bits per heavy atom. The normalized spacial score (nSPS) is 15.4. The summed E-state index contributed by atoms with van der Waals surface area (Å²) < 4.78 is 12.5. The van der Waals surface area contributed by atoms with E-state index in [1.807, 2.05) is 45.9 Å². The lowest BCUT2D eigenvalue weighted by Gasteiger charge is -2.34. The number of rotatable bonds is 4. The molecule has 0 saturated carbocycles. The number of aryl methyl sites for hydroxylation is 1. The molecule has 8 nitrogen and oxygen atoms in total. The highest BCUT2D eigenvalue weighted by Crippen LogP contribution is 2.42. The molecule has 0 bridgehead atoms. The van der Waals surface area contributed by atoms with Gasteiger partial charge in [-0.05, 0) is 57.5 Å². The van der Waals surface area contributed by atoms with Gasteiger partial charge in [-0.15, -0.1) is 11.3 Å². The van der Waals surface area contributed by atoms with Gasteiger partial charge in [0.15, 0.2) is 0 Å². The van der Waals surface area contributed by atoms with Crippen LogP contribution in [0.4, 0.5) is 4.79 Å². The highest BCUT2D eigenvalue weighted by molar-refractivity contribution is 7.22. The number of methoxy groups -OCH3 is 1. The minimum Gasteiger partial charge on any atom is -0.488 e. The van der Waals surface area contributed by atoms with Gasteiger partial charge in [-0.3, -0.25) is 4.90 Å². The van der Waals surface area contributed by atoms with E-state index in [-0.39, 0.29) is 6.10 Å². The third kappa shape index (κ3) is 3.90. The van der Waals surface area contributed by atoms with Gasteiger partial charge in [0.25, 0.3) is 0 Å².